The predicted octanol–water partition coefficient (Wildman–Crippen LogP) is 2.01. The summed E-state index contributed by atoms with van der Waals surface area (Å²) in [6, 6.07) is 8.85. The maximum absolute atomic E-state index is 11.7. The molecule has 0 bridgehead atoms. The molecule has 0 radical (unpaired) electrons. The molecular weight excluding hydrogens is 242 g/mol. The van der Waals surface area contributed by atoms with Gasteiger partial charge in [0.25, 0.3) is 0 Å². The first-order valence-corrected chi connectivity index (χ1v) is 6.16. The first kappa shape index (κ1) is 15.0. The topological polar surface area (TPSA) is 55.4 Å². The molecule has 102 valence electrons. The number of rotatable bonds is 5. The third kappa shape index (κ3) is 4.95. The van der Waals surface area contributed by atoms with Crippen LogP contribution in [-0.4, -0.2) is 25.0 Å². The maximum atomic E-state index is 11.7. The Hall–Kier alpha value is -2.10. The van der Waals surface area contributed by atoms with Crippen LogP contribution in [0, 0.1) is 5.92 Å². The second-order valence-corrected chi connectivity index (χ2v) is 4.50. The van der Waals surface area contributed by atoms with E-state index in [0.717, 1.165) is 5.56 Å². The normalized spacial score (nSPS) is 12.4. The van der Waals surface area contributed by atoms with Gasteiger partial charge in [0, 0.05) is 6.08 Å². The summed E-state index contributed by atoms with van der Waals surface area (Å²) in [6.07, 6.45) is 3.11. The molecule has 0 spiro atoms. The summed E-state index contributed by atoms with van der Waals surface area (Å²) >= 11 is 0. The van der Waals surface area contributed by atoms with Crippen molar-refractivity contribution in [3.05, 3.63) is 42.0 Å². The van der Waals surface area contributed by atoms with E-state index in [4.69, 9.17) is 0 Å². The van der Waals surface area contributed by atoms with Gasteiger partial charge in [0.2, 0.25) is 5.91 Å². The Balaban J connectivity index is 2.63. The second-order valence-electron chi connectivity index (χ2n) is 4.50. The molecule has 1 atom stereocenters. The Morgan fingerprint density at radius 2 is 1.84 bits per heavy atom. The van der Waals surface area contributed by atoms with E-state index in [1.165, 1.54) is 13.2 Å². The number of amides is 1. The average Bonchev–Trinajstić information content (AvgIpc) is 2.42. The van der Waals surface area contributed by atoms with E-state index in [-0.39, 0.29) is 11.8 Å². The van der Waals surface area contributed by atoms with Crippen LogP contribution in [0.4, 0.5) is 0 Å². The molecular formula is C15H19NO3. The van der Waals surface area contributed by atoms with E-state index < -0.39 is 12.0 Å². The van der Waals surface area contributed by atoms with Crippen LogP contribution in [-0.2, 0) is 14.3 Å². The van der Waals surface area contributed by atoms with Gasteiger partial charge in [-0.3, -0.25) is 4.79 Å². The molecule has 0 unspecified atom stereocenters. The van der Waals surface area contributed by atoms with Gasteiger partial charge >= 0.3 is 5.97 Å². The molecule has 0 aliphatic carbocycles. The number of ether oxygens (including phenoxy) is 1. The quantitative estimate of drug-likeness (QED) is 0.651. The van der Waals surface area contributed by atoms with E-state index in [9.17, 15) is 9.59 Å². The zero-order valence-electron chi connectivity index (χ0n) is 11.4. The summed E-state index contributed by atoms with van der Waals surface area (Å²) in [4.78, 5) is 23.2. The third-order valence-electron chi connectivity index (χ3n) is 2.65. The van der Waals surface area contributed by atoms with Crippen molar-refractivity contribution in [2.45, 2.75) is 19.9 Å². The van der Waals surface area contributed by atoms with Crippen LogP contribution in [0.15, 0.2) is 36.4 Å². The van der Waals surface area contributed by atoms with Crippen LogP contribution in [0.5, 0.6) is 0 Å². The Labute approximate surface area is 113 Å². The SMILES string of the molecule is COC(=O)[C@H](NC(=O)/C=C\c1ccccc1)C(C)C. The molecule has 4 heteroatoms. The minimum atomic E-state index is -0.627. The molecule has 19 heavy (non-hydrogen) atoms. The monoisotopic (exact) mass is 261 g/mol. The van der Waals surface area contributed by atoms with Crippen molar-refractivity contribution in [2.75, 3.05) is 7.11 Å². The van der Waals surface area contributed by atoms with Crippen molar-refractivity contribution in [1.29, 1.82) is 0 Å². The fraction of sp³-hybridized carbons (Fsp3) is 0.333. The van der Waals surface area contributed by atoms with Crippen LogP contribution >= 0.6 is 0 Å². The van der Waals surface area contributed by atoms with E-state index >= 15 is 0 Å². The Morgan fingerprint density at radius 3 is 2.37 bits per heavy atom. The lowest BCUT2D eigenvalue weighted by molar-refractivity contribution is -0.145. The van der Waals surface area contributed by atoms with Crippen molar-refractivity contribution in [1.82, 2.24) is 5.32 Å². The molecule has 0 fully saturated rings. The molecule has 0 heterocycles. The van der Waals surface area contributed by atoms with Gasteiger partial charge in [-0.15, -0.1) is 0 Å². The summed E-state index contributed by atoms with van der Waals surface area (Å²) < 4.78 is 4.66. The molecule has 1 aromatic carbocycles. The number of benzene rings is 1. The lowest BCUT2D eigenvalue weighted by Crippen LogP contribution is -2.44. The molecule has 0 aliphatic heterocycles. The van der Waals surface area contributed by atoms with Crippen molar-refractivity contribution in [3.63, 3.8) is 0 Å². The number of methoxy groups -OCH3 is 1. The maximum Gasteiger partial charge on any atom is 0.328 e. The number of hydrogen-bond donors (Lipinski definition) is 1. The molecule has 1 N–H and O–H groups in total. The summed E-state index contributed by atoms with van der Waals surface area (Å²) in [5, 5.41) is 2.64. The fourth-order valence-electron chi connectivity index (χ4n) is 1.56. The smallest absolute Gasteiger partial charge is 0.328 e. The standard InChI is InChI=1S/C15H19NO3/c1-11(2)14(15(18)19-3)16-13(17)10-9-12-7-5-4-6-8-12/h4-11,14H,1-3H3,(H,16,17)/b10-9-/t14-/m1/s1. The van der Waals surface area contributed by atoms with Gasteiger partial charge in [-0.2, -0.15) is 0 Å². The number of nitrogens with one attached hydrogen (secondary N) is 1. The summed E-state index contributed by atoms with van der Waals surface area (Å²) in [5.41, 5.74) is 0.928. The lowest BCUT2D eigenvalue weighted by Gasteiger charge is -2.18. The highest BCUT2D eigenvalue weighted by molar-refractivity contribution is 5.94. The Kier molecular flexibility index (Phi) is 5.79. The molecule has 1 rings (SSSR count). The summed E-state index contributed by atoms with van der Waals surface area (Å²) in [7, 11) is 1.31. The Morgan fingerprint density at radius 1 is 1.21 bits per heavy atom. The molecule has 1 aromatic rings. The predicted molar refractivity (Wildman–Crippen MR) is 74.3 cm³/mol. The molecule has 1 amide bonds. The number of carbonyl (C=O) groups excluding carboxylic acids is 2. The second kappa shape index (κ2) is 7.36. The highest BCUT2D eigenvalue weighted by Gasteiger charge is 2.23. The van der Waals surface area contributed by atoms with Crippen LogP contribution in [0.2, 0.25) is 0 Å². The first-order chi connectivity index (χ1) is 9.04. The van der Waals surface area contributed by atoms with Gasteiger partial charge in [0.05, 0.1) is 7.11 Å². The van der Waals surface area contributed by atoms with Gasteiger partial charge in [-0.25, -0.2) is 4.79 Å². The Bertz CT molecular complexity index is 452. The zero-order chi connectivity index (χ0) is 14.3. The number of carbonyl (C=O) groups is 2. The van der Waals surface area contributed by atoms with Crippen LogP contribution < -0.4 is 5.32 Å². The summed E-state index contributed by atoms with van der Waals surface area (Å²) in [6.45, 7) is 3.70. The van der Waals surface area contributed by atoms with Crippen molar-refractivity contribution >= 4 is 18.0 Å². The van der Waals surface area contributed by atoms with Crippen LogP contribution in [0.3, 0.4) is 0 Å². The zero-order valence-corrected chi connectivity index (χ0v) is 11.4. The number of hydrogen-bond acceptors (Lipinski definition) is 3. The highest BCUT2D eigenvalue weighted by atomic mass is 16.5. The van der Waals surface area contributed by atoms with Crippen molar-refractivity contribution < 1.29 is 14.3 Å². The first-order valence-electron chi connectivity index (χ1n) is 6.16. The third-order valence-corrected chi connectivity index (χ3v) is 2.65. The minimum absolute atomic E-state index is 0.0264. The average molecular weight is 261 g/mol. The fourth-order valence-corrected chi connectivity index (χ4v) is 1.56. The van der Waals surface area contributed by atoms with Crippen molar-refractivity contribution in [2.24, 2.45) is 5.92 Å². The van der Waals surface area contributed by atoms with Gasteiger partial charge in [0.15, 0.2) is 0 Å². The summed E-state index contributed by atoms with van der Waals surface area (Å²) in [5.74, 6) is -0.772. The molecule has 0 saturated heterocycles. The van der Waals surface area contributed by atoms with E-state index in [1.54, 1.807) is 6.08 Å². The van der Waals surface area contributed by atoms with E-state index in [0.29, 0.717) is 0 Å². The minimum Gasteiger partial charge on any atom is -0.467 e. The molecule has 0 aliphatic rings. The van der Waals surface area contributed by atoms with Crippen LogP contribution in [0.25, 0.3) is 6.08 Å². The van der Waals surface area contributed by atoms with Gasteiger partial charge < -0.3 is 10.1 Å². The molecule has 0 saturated carbocycles. The van der Waals surface area contributed by atoms with E-state index in [2.05, 4.69) is 10.1 Å². The van der Waals surface area contributed by atoms with Gasteiger partial charge in [0.1, 0.15) is 6.04 Å². The highest BCUT2D eigenvalue weighted by Crippen LogP contribution is 2.04. The lowest BCUT2D eigenvalue weighted by atomic mass is 10.0. The van der Waals surface area contributed by atoms with Gasteiger partial charge in [-0.05, 0) is 17.6 Å². The van der Waals surface area contributed by atoms with Gasteiger partial charge in [-0.1, -0.05) is 44.2 Å². The molecule has 4 nitrogen and oxygen atoms in total. The van der Waals surface area contributed by atoms with E-state index in [1.807, 2.05) is 44.2 Å². The van der Waals surface area contributed by atoms with Crippen molar-refractivity contribution in [3.8, 4) is 0 Å². The van der Waals surface area contributed by atoms with Crippen LogP contribution in [0.1, 0.15) is 19.4 Å². The molecule has 0 aromatic heterocycles. The number of esters is 1. The largest absolute Gasteiger partial charge is 0.467 e.